The number of aryl methyl sites for hydroxylation is 1. The van der Waals surface area contributed by atoms with E-state index in [0.717, 1.165) is 10.8 Å². The lowest BCUT2D eigenvalue weighted by Crippen LogP contribution is -2.41. The Balaban J connectivity index is 1.47. The van der Waals surface area contributed by atoms with Crippen LogP contribution in [0.2, 0.25) is 0 Å². The number of halogens is 1. The number of ether oxygens (including phenoxy) is 1. The molecule has 0 fully saturated rings. The minimum Gasteiger partial charge on any atom is -0.455 e. The van der Waals surface area contributed by atoms with Gasteiger partial charge in [0.05, 0.1) is 5.69 Å². The van der Waals surface area contributed by atoms with E-state index in [1.165, 1.54) is 12.1 Å². The normalized spacial score (nSPS) is 11.6. The van der Waals surface area contributed by atoms with Gasteiger partial charge >= 0.3 is 0 Å². The molecule has 0 saturated carbocycles. The molecule has 4 rings (SSSR count). The number of benzene rings is 4. The Kier molecular flexibility index (Phi) is 6.36. The molecule has 5 nitrogen and oxygen atoms in total. The first kappa shape index (κ1) is 22.0. The summed E-state index contributed by atoms with van der Waals surface area (Å²) in [5.74, 6) is -0.187. The molecule has 0 aliphatic heterocycles. The predicted octanol–water partition coefficient (Wildman–Crippen LogP) is 5.84. The Morgan fingerprint density at radius 3 is 2.45 bits per heavy atom. The van der Waals surface area contributed by atoms with Crippen molar-refractivity contribution >= 4 is 28.3 Å². The van der Waals surface area contributed by atoms with Crippen molar-refractivity contribution in [1.82, 2.24) is 5.32 Å². The Hall–Kier alpha value is -4.19. The van der Waals surface area contributed by atoms with Crippen molar-refractivity contribution in [3.05, 3.63) is 102 Å². The number of fused-ring (bicyclic) bond motifs is 1. The lowest BCUT2D eigenvalue weighted by molar-refractivity contribution is -0.117. The summed E-state index contributed by atoms with van der Waals surface area (Å²) in [6.07, 6.45) is 0. The molecule has 0 unspecified atom stereocenters. The van der Waals surface area contributed by atoms with Crippen LogP contribution in [0.15, 0.2) is 84.9 Å². The Morgan fingerprint density at radius 2 is 1.64 bits per heavy atom. The van der Waals surface area contributed by atoms with E-state index in [2.05, 4.69) is 10.6 Å². The highest BCUT2D eigenvalue weighted by atomic mass is 19.1. The van der Waals surface area contributed by atoms with Gasteiger partial charge in [-0.1, -0.05) is 48.5 Å². The fourth-order valence-corrected chi connectivity index (χ4v) is 3.47. The number of carbonyl (C=O) groups excluding carboxylic acids is 2. The van der Waals surface area contributed by atoms with E-state index < -0.39 is 11.9 Å². The zero-order chi connectivity index (χ0) is 23.4. The lowest BCUT2D eigenvalue weighted by Gasteiger charge is -2.17. The van der Waals surface area contributed by atoms with Crippen LogP contribution >= 0.6 is 0 Å². The molecule has 0 spiro atoms. The smallest absolute Gasteiger partial charge is 0.252 e. The maximum atomic E-state index is 13.5. The second-order valence-electron chi connectivity index (χ2n) is 7.72. The van der Waals surface area contributed by atoms with Crippen LogP contribution in [-0.4, -0.2) is 17.9 Å². The molecule has 166 valence electrons. The fraction of sp³-hybridized carbons (Fsp3) is 0.111. The van der Waals surface area contributed by atoms with Crippen molar-refractivity contribution in [2.45, 2.75) is 19.9 Å². The molecular weight excluding hydrogens is 419 g/mol. The van der Waals surface area contributed by atoms with E-state index in [9.17, 15) is 14.0 Å². The molecule has 4 aromatic rings. The molecule has 0 saturated heterocycles. The number of anilines is 1. The van der Waals surface area contributed by atoms with Crippen LogP contribution in [0.25, 0.3) is 10.8 Å². The minimum atomic E-state index is -0.794. The molecule has 0 aliphatic rings. The molecule has 0 aromatic heterocycles. The van der Waals surface area contributed by atoms with E-state index in [1.54, 1.807) is 50.2 Å². The average Bonchev–Trinajstić information content (AvgIpc) is 2.82. The molecule has 0 bridgehead atoms. The number of hydrogen-bond acceptors (Lipinski definition) is 3. The number of carbonyl (C=O) groups is 2. The summed E-state index contributed by atoms with van der Waals surface area (Å²) in [5.41, 5.74) is 1.40. The monoisotopic (exact) mass is 442 g/mol. The molecule has 0 aliphatic carbocycles. The highest BCUT2D eigenvalue weighted by Crippen LogP contribution is 2.30. The van der Waals surface area contributed by atoms with Crippen LogP contribution in [0.5, 0.6) is 11.5 Å². The molecule has 1 atom stereocenters. The highest BCUT2D eigenvalue weighted by Gasteiger charge is 2.19. The summed E-state index contributed by atoms with van der Waals surface area (Å²) in [6, 6.07) is 23.6. The van der Waals surface area contributed by atoms with Gasteiger partial charge in [-0.25, -0.2) is 4.39 Å². The van der Waals surface area contributed by atoms with E-state index in [-0.39, 0.29) is 11.7 Å². The second kappa shape index (κ2) is 9.53. The van der Waals surface area contributed by atoms with Gasteiger partial charge in [-0.2, -0.15) is 0 Å². The number of nitrogens with one attached hydrogen (secondary N) is 2. The van der Waals surface area contributed by atoms with Gasteiger partial charge in [0.25, 0.3) is 5.91 Å². The topological polar surface area (TPSA) is 67.4 Å². The fourth-order valence-electron chi connectivity index (χ4n) is 3.47. The van der Waals surface area contributed by atoms with E-state index in [4.69, 9.17) is 4.74 Å². The van der Waals surface area contributed by atoms with E-state index >= 15 is 0 Å². The van der Waals surface area contributed by atoms with Gasteiger partial charge in [0.2, 0.25) is 5.91 Å². The number of hydrogen-bond donors (Lipinski definition) is 2. The molecule has 0 radical (unpaired) electrons. The standard InChI is InChI=1S/C27H23FN2O3/c1-17-16-20(14-15-23(17)28)33-25-13-6-5-12-24(25)30-26(31)18(2)29-27(32)22-11-7-9-19-8-3-4-10-21(19)22/h3-16,18H,1-2H3,(H,29,32)(H,30,31)/t18-/m1/s1. The van der Waals surface area contributed by atoms with Crippen LogP contribution in [0.1, 0.15) is 22.8 Å². The third-order valence-corrected chi connectivity index (χ3v) is 5.28. The minimum absolute atomic E-state index is 0.320. The van der Waals surface area contributed by atoms with Gasteiger partial charge in [-0.15, -0.1) is 0 Å². The third-order valence-electron chi connectivity index (χ3n) is 5.28. The second-order valence-corrected chi connectivity index (χ2v) is 7.72. The largest absolute Gasteiger partial charge is 0.455 e. The number of para-hydroxylation sites is 2. The van der Waals surface area contributed by atoms with Crippen LogP contribution in [-0.2, 0) is 4.79 Å². The Bertz CT molecular complexity index is 1330. The third kappa shape index (κ3) is 5.01. The van der Waals surface area contributed by atoms with Crippen molar-refractivity contribution in [2.24, 2.45) is 0 Å². The van der Waals surface area contributed by atoms with Gasteiger partial charge in [0.1, 0.15) is 17.6 Å². The summed E-state index contributed by atoms with van der Waals surface area (Å²) < 4.78 is 19.4. The first-order valence-corrected chi connectivity index (χ1v) is 10.5. The summed E-state index contributed by atoms with van der Waals surface area (Å²) in [7, 11) is 0. The molecule has 2 amide bonds. The Labute approximate surface area is 191 Å². The van der Waals surface area contributed by atoms with Crippen molar-refractivity contribution < 1.29 is 18.7 Å². The van der Waals surface area contributed by atoms with Crippen LogP contribution in [0.3, 0.4) is 0 Å². The average molecular weight is 442 g/mol. The van der Waals surface area contributed by atoms with Gasteiger partial charge in [-0.05, 0) is 66.6 Å². The number of rotatable bonds is 6. The van der Waals surface area contributed by atoms with E-state index in [1.807, 2.05) is 36.4 Å². The summed E-state index contributed by atoms with van der Waals surface area (Å²) in [5, 5.41) is 7.32. The SMILES string of the molecule is Cc1cc(Oc2ccccc2NC(=O)[C@@H](C)NC(=O)c2cccc3ccccc23)ccc1F. The lowest BCUT2D eigenvalue weighted by atomic mass is 10.0. The molecule has 4 aromatic carbocycles. The van der Waals surface area contributed by atoms with Crippen molar-refractivity contribution in [3.63, 3.8) is 0 Å². The zero-order valence-corrected chi connectivity index (χ0v) is 18.3. The number of amides is 2. The molecule has 0 heterocycles. The molecule has 33 heavy (non-hydrogen) atoms. The molecular formula is C27H23FN2O3. The van der Waals surface area contributed by atoms with Crippen molar-refractivity contribution in [3.8, 4) is 11.5 Å². The van der Waals surface area contributed by atoms with Gasteiger partial charge in [0.15, 0.2) is 5.75 Å². The molecule has 2 N–H and O–H groups in total. The summed E-state index contributed by atoms with van der Waals surface area (Å²) in [6.45, 7) is 3.27. The first-order chi connectivity index (χ1) is 15.9. The summed E-state index contributed by atoms with van der Waals surface area (Å²) in [4.78, 5) is 25.7. The Morgan fingerprint density at radius 1 is 0.909 bits per heavy atom. The zero-order valence-electron chi connectivity index (χ0n) is 18.3. The van der Waals surface area contributed by atoms with Gasteiger partial charge in [0, 0.05) is 5.56 Å². The van der Waals surface area contributed by atoms with Gasteiger partial charge in [-0.3, -0.25) is 9.59 Å². The predicted molar refractivity (Wildman–Crippen MR) is 127 cm³/mol. The van der Waals surface area contributed by atoms with Crippen LogP contribution in [0.4, 0.5) is 10.1 Å². The maximum Gasteiger partial charge on any atom is 0.252 e. The van der Waals surface area contributed by atoms with Gasteiger partial charge < -0.3 is 15.4 Å². The highest BCUT2D eigenvalue weighted by molar-refractivity contribution is 6.09. The first-order valence-electron chi connectivity index (χ1n) is 10.5. The summed E-state index contributed by atoms with van der Waals surface area (Å²) >= 11 is 0. The van der Waals surface area contributed by atoms with Crippen LogP contribution in [0, 0.1) is 12.7 Å². The van der Waals surface area contributed by atoms with Crippen LogP contribution < -0.4 is 15.4 Å². The molecule has 6 heteroatoms. The van der Waals surface area contributed by atoms with Crippen molar-refractivity contribution in [1.29, 1.82) is 0 Å². The van der Waals surface area contributed by atoms with Crippen molar-refractivity contribution in [2.75, 3.05) is 5.32 Å². The quantitative estimate of drug-likeness (QED) is 0.394. The van der Waals surface area contributed by atoms with E-state index in [0.29, 0.717) is 28.3 Å². The maximum absolute atomic E-state index is 13.5.